The Labute approximate surface area is 178 Å². The van der Waals surface area contributed by atoms with Crippen LogP contribution in [0.4, 0.5) is 4.39 Å². The maximum Gasteiger partial charge on any atom is 0.276 e. The van der Waals surface area contributed by atoms with Crippen LogP contribution in [0, 0.1) is 5.82 Å². The maximum absolute atomic E-state index is 14.4. The van der Waals surface area contributed by atoms with Crippen LogP contribution in [0.1, 0.15) is 55.0 Å². The van der Waals surface area contributed by atoms with Crippen molar-refractivity contribution in [1.29, 1.82) is 0 Å². The van der Waals surface area contributed by atoms with E-state index in [1.165, 1.54) is 22.6 Å². The van der Waals surface area contributed by atoms with Gasteiger partial charge in [0.15, 0.2) is 11.7 Å². The van der Waals surface area contributed by atoms with Gasteiger partial charge < -0.3 is 14.6 Å². The van der Waals surface area contributed by atoms with Crippen LogP contribution in [-0.4, -0.2) is 31.8 Å². The van der Waals surface area contributed by atoms with Crippen molar-refractivity contribution in [3.63, 3.8) is 0 Å². The van der Waals surface area contributed by atoms with Crippen molar-refractivity contribution < 1.29 is 18.4 Å². The van der Waals surface area contributed by atoms with E-state index in [0.29, 0.717) is 6.42 Å². The van der Waals surface area contributed by atoms with Crippen molar-refractivity contribution in [3.05, 3.63) is 70.9 Å². The molecule has 2 amide bonds. The van der Waals surface area contributed by atoms with Crippen LogP contribution in [0.3, 0.4) is 0 Å². The monoisotopic (exact) mass is 430 g/mol. The van der Waals surface area contributed by atoms with Gasteiger partial charge in [0.05, 0.1) is 12.8 Å². The zero-order valence-corrected chi connectivity index (χ0v) is 17.8. The Morgan fingerprint density at radius 1 is 1.27 bits per heavy atom. The smallest absolute Gasteiger partial charge is 0.276 e. The molecule has 2 heterocycles. The minimum Gasteiger partial charge on any atom is -0.467 e. The number of aromatic nitrogens is 2. The molecule has 9 heteroatoms. The summed E-state index contributed by atoms with van der Waals surface area (Å²) in [6.45, 7) is 5.58. The fraction of sp³-hybridized carbons (Fsp3) is 0.333. The molecule has 0 saturated carbocycles. The number of furan rings is 1. The molecule has 0 fully saturated rings. The normalized spacial score (nSPS) is 12.4. The van der Waals surface area contributed by atoms with Crippen LogP contribution >= 0.6 is 11.5 Å². The van der Waals surface area contributed by atoms with E-state index in [4.69, 9.17) is 4.42 Å². The van der Waals surface area contributed by atoms with Crippen molar-refractivity contribution in [1.82, 2.24) is 19.8 Å². The summed E-state index contributed by atoms with van der Waals surface area (Å²) >= 11 is 1.02. The summed E-state index contributed by atoms with van der Waals surface area (Å²) in [7, 11) is 0. The standard InChI is InChI=1S/C21H23FN4O3S/c1-4-21(2,3)23-19(27)18(17-10-7-11-29-17)26(20(28)16-13-30-25-24-16)12-14-8-5-6-9-15(14)22/h5-11,13,18H,4,12H2,1-3H3,(H,23,27)/t18-/m0/s1. The Morgan fingerprint density at radius 3 is 2.63 bits per heavy atom. The number of hydrogen-bond acceptors (Lipinski definition) is 6. The van der Waals surface area contributed by atoms with Crippen LogP contribution in [0.25, 0.3) is 0 Å². The largest absolute Gasteiger partial charge is 0.467 e. The zero-order chi connectivity index (χ0) is 21.7. The van der Waals surface area contributed by atoms with Gasteiger partial charge in [0, 0.05) is 16.5 Å². The quantitative estimate of drug-likeness (QED) is 0.584. The van der Waals surface area contributed by atoms with Crippen LogP contribution in [-0.2, 0) is 11.3 Å². The van der Waals surface area contributed by atoms with E-state index < -0.39 is 29.2 Å². The first-order chi connectivity index (χ1) is 14.3. The molecule has 158 valence electrons. The molecule has 0 aliphatic rings. The van der Waals surface area contributed by atoms with Crippen molar-refractivity contribution in [2.45, 2.75) is 45.3 Å². The second-order valence-corrected chi connectivity index (χ2v) is 8.07. The molecule has 0 unspecified atom stereocenters. The molecule has 0 aliphatic carbocycles. The van der Waals surface area contributed by atoms with Gasteiger partial charge in [-0.25, -0.2) is 4.39 Å². The Morgan fingerprint density at radius 2 is 2.03 bits per heavy atom. The number of nitrogens with one attached hydrogen (secondary N) is 1. The number of nitrogens with zero attached hydrogens (tertiary/aromatic N) is 3. The van der Waals surface area contributed by atoms with Gasteiger partial charge in [-0.15, -0.1) is 5.10 Å². The molecule has 2 aromatic heterocycles. The number of carbonyl (C=O) groups is 2. The highest BCUT2D eigenvalue weighted by Crippen LogP contribution is 2.27. The van der Waals surface area contributed by atoms with Crippen LogP contribution in [0.15, 0.2) is 52.5 Å². The first kappa shape index (κ1) is 21.6. The third kappa shape index (κ3) is 4.91. The summed E-state index contributed by atoms with van der Waals surface area (Å²) in [5.74, 6) is -1.17. The van der Waals surface area contributed by atoms with E-state index in [1.807, 2.05) is 20.8 Å². The van der Waals surface area contributed by atoms with Gasteiger partial charge in [0.1, 0.15) is 11.6 Å². The predicted octanol–water partition coefficient (Wildman–Crippen LogP) is 3.96. The molecule has 0 bridgehead atoms. The molecule has 1 N–H and O–H groups in total. The molecule has 1 atom stereocenters. The SMILES string of the molecule is CCC(C)(C)NC(=O)[C@H](c1ccco1)N(Cc1ccccc1F)C(=O)c1csnn1. The Kier molecular flexibility index (Phi) is 6.61. The van der Waals surface area contributed by atoms with Gasteiger partial charge in [-0.05, 0) is 50.0 Å². The first-order valence-electron chi connectivity index (χ1n) is 9.49. The van der Waals surface area contributed by atoms with Gasteiger partial charge in [0.25, 0.3) is 11.8 Å². The molecule has 0 aliphatic heterocycles. The number of carbonyl (C=O) groups excluding carboxylic acids is 2. The summed E-state index contributed by atoms with van der Waals surface area (Å²) < 4.78 is 23.6. The third-order valence-corrected chi connectivity index (χ3v) is 5.36. The molecule has 7 nitrogen and oxygen atoms in total. The van der Waals surface area contributed by atoms with E-state index in [0.717, 1.165) is 11.5 Å². The fourth-order valence-electron chi connectivity index (χ4n) is 2.86. The summed E-state index contributed by atoms with van der Waals surface area (Å²) in [5, 5.41) is 8.28. The zero-order valence-electron chi connectivity index (χ0n) is 17.0. The molecular formula is C21H23FN4O3S. The summed E-state index contributed by atoms with van der Waals surface area (Å²) in [4.78, 5) is 27.9. The van der Waals surface area contributed by atoms with Crippen LogP contribution < -0.4 is 5.32 Å². The van der Waals surface area contributed by atoms with E-state index >= 15 is 0 Å². The number of rotatable bonds is 8. The first-order valence-corrected chi connectivity index (χ1v) is 10.3. The molecule has 0 saturated heterocycles. The number of hydrogen-bond donors (Lipinski definition) is 1. The topological polar surface area (TPSA) is 88.3 Å². The van der Waals surface area contributed by atoms with Crippen molar-refractivity contribution >= 4 is 23.3 Å². The van der Waals surface area contributed by atoms with E-state index in [1.54, 1.807) is 30.3 Å². The van der Waals surface area contributed by atoms with Crippen molar-refractivity contribution in [2.75, 3.05) is 0 Å². The lowest BCUT2D eigenvalue weighted by Crippen LogP contribution is -2.50. The average molecular weight is 431 g/mol. The lowest BCUT2D eigenvalue weighted by molar-refractivity contribution is -0.128. The highest BCUT2D eigenvalue weighted by molar-refractivity contribution is 7.03. The van der Waals surface area contributed by atoms with E-state index in [2.05, 4.69) is 14.9 Å². The van der Waals surface area contributed by atoms with Crippen molar-refractivity contribution in [3.8, 4) is 0 Å². The molecule has 0 spiro atoms. The van der Waals surface area contributed by atoms with Gasteiger partial charge in [-0.1, -0.05) is 29.6 Å². The molecule has 3 aromatic rings. The third-order valence-electron chi connectivity index (χ3n) is 4.86. The minimum atomic E-state index is -1.11. The van der Waals surface area contributed by atoms with Gasteiger partial charge in [-0.2, -0.15) is 0 Å². The number of amides is 2. The maximum atomic E-state index is 14.4. The summed E-state index contributed by atoms with van der Waals surface area (Å²) in [6, 6.07) is 8.26. The molecule has 0 radical (unpaired) electrons. The lowest BCUT2D eigenvalue weighted by Gasteiger charge is -2.33. The second kappa shape index (κ2) is 9.17. The molecular weight excluding hydrogens is 407 g/mol. The van der Waals surface area contributed by atoms with E-state index in [9.17, 15) is 14.0 Å². The lowest BCUT2D eigenvalue weighted by atomic mass is 10.0. The van der Waals surface area contributed by atoms with Crippen LogP contribution in [0.2, 0.25) is 0 Å². The fourth-order valence-corrected chi connectivity index (χ4v) is 3.29. The molecule has 30 heavy (non-hydrogen) atoms. The van der Waals surface area contributed by atoms with E-state index in [-0.39, 0.29) is 23.6 Å². The average Bonchev–Trinajstić information content (AvgIpc) is 3.42. The number of halogens is 1. The minimum absolute atomic E-state index is 0.0791. The Bertz CT molecular complexity index is 990. The molecule has 3 rings (SSSR count). The predicted molar refractivity (Wildman–Crippen MR) is 110 cm³/mol. The number of benzene rings is 1. The Balaban J connectivity index is 2.05. The van der Waals surface area contributed by atoms with Gasteiger partial charge in [-0.3, -0.25) is 9.59 Å². The highest BCUT2D eigenvalue weighted by atomic mass is 32.1. The van der Waals surface area contributed by atoms with Gasteiger partial charge in [0.2, 0.25) is 0 Å². The highest BCUT2D eigenvalue weighted by Gasteiger charge is 2.37. The molecule has 1 aromatic carbocycles. The second-order valence-electron chi connectivity index (χ2n) is 7.46. The Hall–Kier alpha value is -3.07. The van der Waals surface area contributed by atoms with Gasteiger partial charge >= 0.3 is 0 Å². The summed E-state index contributed by atoms with van der Waals surface area (Å²) in [5.41, 5.74) is -0.153. The van der Waals surface area contributed by atoms with Crippen LogP contribution in [0.5, 0.6) is 0 Å². The van der Waals surface area contributed by atoms with Crippen molar-refractivity contribution in [2.24, 2.45) is 0 Å². The summed E-state index contributed by atoms with van der Waals surface area (Å²) in [6.07, 6.45) is 2.11.